The number of azo groups is 1. The van der Waals surface area contributed by atoms with Crippen LogP contribution in [0.5, 0.6) is 0 Å². The Kier molecular flexibility index (Phi) is 1.08. The quantitative estimate of drug-likeness (QED) is 0.365. The molecule has 0 unspecified atom stereocenters. The molecule has 1 aliphatic heterocycles. The van der Waals surface area contributed by atoms with Crippen molar-refractivity contribution < 1.29 is 0 Å². The van der Waals surface area contributed by atoms with Gasteiger partial charge < -0.3 is 0 Å². The molecule has 3 nitrogen and oxygen atoms in total. The zero-order chi connectivity index (χ0) is 5.33. The second kappa shape index (κ2) is 1.48. The summed E-state index contributed by atoms with van der Waals surface area (Å²) in [5.74, 6) is 0. The van der Waals surface area contributed by atoms with E-state index in [1.807, 2.05) is 0 Å². The largest absolute Gasteiger partial charge is 0.260 e. The van der Waals surface area contributed by atoms with Crippen molar-refractivity contribution in [3.63, 3.8) is 0 Å². The van der Waals surface area contributed by atoms with Gasteiger partial charge in [-0.05, 0) is 0 Å². The average Bonchev–Trinajstić information content (AvgIpc) is 1.84. The smallest absolute Gasteiger partial charge is 0.220 e. The number of hydrogen-bond acceptors (Lipinski definition) is 5. The standard InChI is InChI=1S/C2H3N3S2/c6-2(7)3-1-4-5-2/h1,6-7H. The summed E-state index contributed by atoms with van der Waals surface area (Å²) < 4.78 is -0.889. The van der Waals surface area contributed by atoms with Crippen molar-refractivity contribution in [2.24, 2.45) is 15.2 Å². The van der Waals surface area contributed by atoms with Gasteiger partial charge in [0, 0.05) is 0 Å². The van der Waals surface area contributed by atoms with Gasteiger partial charge in [0.05, 0.1) is 0 Å². The third-order valence-corrected chi connectivity index (χ3v) is 0.884. The van der Waals surface area contributed by atoms with E-state index in [0.29, 0.717) is 0 Å². The predicted molar refractivity (Wildman–Crippen MR) is 34.1 cm³/mol. The maximum absolute atomic E-state index is 3.85. The lowest BCUT2D eigenvalue weighted by atomic mass is 11.1. The first-order valence-corrected chi connectivity index (χ1v) is 2.51. The van der Waals surface area contributed by atoms with Crippen molar-refractivity contribution in [2.75, 3.05) is 0 Å². The highest BCUT2D eigenvalue weighted by Crippen LogP contribution is 2.25. The van der Waals surface area contributed by atoms with Crippen LogP contribution in [0.15, 0.2) is 15.2 Å². The van der Waals surface area contributed by atoms with Gasteiger partial charge in [-0.2, -0.15) is 0 Å². The molecular formula is C2H3N3S2. The second-order valence-electron chi connectivity index (χ2n) is 1.06. The molecule has 0 N–H and O–H groups in total. The summed E-state index contributed by atoms with van der Waals surface area (Å²) in [6, 6.07) is 0. The molecule has 0 atom stereocenters. The highest BCUT2D eigenvalue weighted by atomic mass is 32.2. The molecule has 38 valence electrons. The van der Waals surface area contributed by atoms with Crippen LogP contribution >= 0.6 is 25.3 Å². The second-order valence-corrected chi connectivity index (χ2v) is 2.66. The minimum atomic E-state index is -0.889. The van der Waals surface area contributed by atoms with E-state index in [-0.39, 0.29) is 0 Å². The molecule has 0 radical (unpaired) electrons. The fourth-order valence-corrected chi connectivity index (χ4v) is 0.439. The molecule has 0 saturated heterocycles. The lowest BCUT2D eigenvalue weighted by Gasteiger charge is -2.00. The van der Waals surface area contributed by atoms with Crippen LogP contribution in [-0.4, -0.2) is 10.7 Å². The van der Waals surface area contributed by atoms with E-state index in [1.54, 1.807) is 0 Å². The van der Waals surface area contributed by atoms with E-state index < -0.39 is 4.33 Å². The minimum Gasteiger partial charge on any atom is -0.220 e. The lowest BCUT2D eigenvalue weighted by molar-refractivity contribution is 0.919. The summed E-state index contributed by atoms with van der Waals surface area (Å²) in [7, 11) is 0. The summed E-state index contributed by atoms with van der Waals surface area (Å²) in [5.41, 5.74) is 0. The van der Waals surface area contributed by atoms with Gasteiger partial charge in [-0.1, -0.05) is 0 Å². The van der Waals surface area contributed by atoms with Crippen molar-refractivity contribution in [3.8, 4) is 0 Å². The zero-order valence-electron chi connectivity index (χ0n) is 3.31. The van der Waals surface area contributed by atoms with Crippen molar-refractivity contribution >= 4 is 31.6 Å². The Morgan fingerprint density at radius 3 is 2.29 bits per heavy atom. The lowest BCUT2D eigenvalue weighted by Crippen LogP contribution is -1.97. The minimum absolute atomic E-state index is 0.889. The molecule has 1 aliphatic rings. The third kappa shape index (κ3) is 1.17. The molecule has 0 aliphatic carbocycles. The Bertz CT molecular complexity index is 113. The Labute approximate surface area is 51.8 Å². The van der Waals surface area contributed by atoms with E-state index in [0.717, 1.165) is 0 Å². The molecule has 0 fully saturated rings. The van der Waals surface area contributed by atoms with Gasteiger partial charge in [-0.15, -0.1) is 35.5 Å². The molecule has 0 aromatic carbocycles. The summed E-state index contributed by atoms with van der Waals surface area (Å²) in [6.07, 6.45) is 1.32. The van der Waals surface area contributed by atoms with Crippen molar-refractivity contribution in [1.29, 1.82) is 0 Å². The Morgan fingerprint density at radius 2 is 2.14 bits per heavy atom. The SMILES string of the molecule is SC1(S)N=CN=N1. The topological polar surface area (TPSA) is 37.1 Å². The number of rotatable bonds is 0. The average molecular weight is 133 g/mol. The van der Waals surface area contributed by atoms with Crippen LogP contribution in [-0.2, 0) is 0 Å². The molecular weight excluding hydrogens is 130 g/mol. The van der Waals surface area contributed by atoms with Gasteiger partial charge in [-0.3, -0.25) is 0 Å². The summed E-state index contributed by atoms with van der Waals surface area (Å²) in [6.45, 7) is 0. The Balaban J connectivity index is 2.77. The number of aliphatic imine (C=N–C) groups is 1. The van der Waals surface area contributed by atoms with Gasteiger partial charge in [-0.25, -0.2) is 4.99 Å². The first kappa shape index (κ1) is 5.11. The van der Waals surface area contributed by atoms with E-state index in [9.17, 15) is 0 Å². The molecule has 0 amide bonds. The van der Waals surface area contributed by atoms with Gasteiger partial charge >= 0.3 is 0 Å². The molecule has 1 rings (SSSR count). The molecule has 7 heavy (non-hydrogen) atoms. The normalized spacial score (nSPS) is 23.7. The van der Waals surface area contributed by atoms with Gasteiger partial charge in [0.15, 0.2) is 0 Å². The number of thiol groups is 2. The van der Waals surface area contributed by atoms with E-state index in [4.69, 9.17) is 0 Å². The molecule has 0 aromatic heterocycles. The van der Waals surface area contributed by atoms with Crippen LogP contribution in [0.2, 0.25) is 0 Å². The maximum atomic E-state index is 3.85. The van der Waals surface area contributed by atoms with E-state index >= 15 is 0 Å². The van der Waals surface area contributed by atoms with Gasteiger partial charge in [0.1, 0.15) is 6.34 Å². The molecule has 0 aromatic rings. The summed E-state index contributed by atoms with van der Waals surface area (Å²) >= 11 is 7.71. The van der Waals surface area contributed by atoms with E-state index in [1.165, 1.54) is 6.34 Å². The van der Waals surface area contributed by atoms with Crippen LogP contribution < -0.4 is 0 Å². The fraction of sp³-hybridized carbons (Fsp3) is 0.500. The summed E-state index contributed by atoms with van der Waals surface area (Å²) in [5, 5.41) is 6.92. The number of hydrogen-bond donors (Lipinski definition) is 2. The predicted octanol–water partition coefficient (Wildman–Crippen LogP) is 0.951. The highest BCUT2D eigenvalue weighted by Gasteiger charge is 2.18. The van der Waals surface area contributed by atoms with Crippen LogP contribution in [0, 0.1) is 0 Å². The van der Waals surface area contributed by atoms with Crippen molar-refractivity contribution in [1.82, 2.24) is 0 Å². The fourth-order valence-electron chi connectivity index (χ4n) is 0.232. The molecule has 0 spiro atoms. The van der Waals surface area contributed by atoms with E-state index in [2.05, 4.69) is 40.5 Å². The molecule has 0 saturated carbocycles. The van der Waals surface area contributed by atoms with Crippen LogP contribution in [0.3, 0.4) is 0 Å². The Morgan fingerprint density at radius 1 is 1.43 bits per heavy atom. The van der Waals surface area contributed by atoms with Gasteiger partial charge in [0.2, 0.25) is 0 Å². The van der Waals surface area contributed by atoms with Gasteiger partial charge in [0.25, 0.3) is 4.33 Å². The Hall–Kier alpha value is -0.0300. The maximum Gasteiger partial charge on any atom is 0.260 e. The first-order chi connectivity index (χ1) is 3.21. The van der Waals surface area contributed by atoms with Crippen LogP contribution in [0.4, 0.5) is 0 Å². The summed E-state index contributed by atoms with van der Waals surface area (Å²) in [4.78, 5) is 3.64. The monoisotopic (exact) mass is 133 g/mol. The first-order valence-electron chi connectivity index (χ1n) is 1.61. The zero-order valence-corrected chi connectivity index (χ0v) is 5.10. The van der Waals surface area contributed by atoms with Crippen LogP contribution in [0.25, 0.3) is 0 Å². The molecule has 5 heteroatoms. The highest BCUT2D eigenvalue weighted by molar-refractivity contribution is 8.00. The van der Waals surface area contributed by atoms with Crippen LogP contribution in [0.1, 0.15) is 0 Å². The number of nitrogens with zero attached hydrogens (tertiary/aromatic N) is 3. The molecule has 0 bridgehead atoms. The third-order valence-electron chi connectivity index (χ3n) is 0.474. The van der Waals surface area contributed by atoms with Crippen molar-refractivity contribution in [3.05, 3.63) is 0 Å². The molecule has 1 heterocycles. The van der Waals surface area contributed by atoms with Crippen molar-refractivity contribution in [2.45, 2.75) is 4.33 Å².